The zero-order valence-corrected chi connectivity index (χ0v) is 17.4. The van der Waals surface area contributed by atoms with Crippen molar-refractivity contribution in [3.63, 3.8) is 0 Å². The van der Waals surface area contributed by atoms with Gasteiger partial charge in [0, 0.05) is 31.1 Å². The number of hydrogen-bond acceptors (Lipinski definition) is 5. The summed E-state index contributed by atoms with van der Waals surface area (Å²) >= 11 is 5.99. The summed E-state index contributed by atoms with van der Waals surface area (Å²) < 4.78 is 5.42. The third-order valence-electron chi connectivity index (χ3n) is 5.05. The Morgan fingerprint density at radius 2 is 1.93 bits per heavy atom. The molecule has 0 spiro atoms. The molecule has 0 radical (unpaired) electrons. The number of nitrogens with zero attached hydrogens (tertiary/aromatic N) is 3. The van der Waals surface area contributed by atoms with Crippen LogP contribution in [0.1, 0.15) is 39.2 Å². The number of aromatic nitrogens is 2. The lowest BCUT2D eigenvalue weighted by Crippen LogP contribution is -2.49. The van der Waals surface area contributed by atoms with Gasteiger partial charge in [-0.25, -0.2) is 4.79 Å². The molecule has 0 aliphatic carbocycles. The van der Waals surface area contributed by atoms with E-state index >= 15 is 0 Å². The first-order valence-corrected chi connectivity index (χ1v) is 9.91. The van der Waals surface area contributed by atoms with Crippen molar-refractivity contribution in [3.05, 3.63) is 53.3 Å². The number of carbonyl (C=O) groups excluding carboxylic acids is 1. The van der Waals surface area contributed by atoms with Crippen LogP contribution < -0.4 is 10.2 Å². The molecule has 1 aliphatic heterocycles. The van der Waals surface area contributed by atoms with Crippen LogP contribution in [-0.2, 0) is 10.2 Å². The van der Waals surface area contributed by atoms with Crippen molar-refractivity contribution in [1.82, 2.24) is 15.5 Å². The van der Waals surface area contributed by atoms with Crippen LogP contribution in [0.25, 0.3) is 0 Å². The Labute approximate surface area is 171 Å². The van der Waals surface area contributed by atoms with Crippen molar-refractivity contribution in [2.75, 3.05) is 24.5 Å². The Morgan fingerprint density at radius 3 is 2.54 bits per heavy atom. The first-order valence-electron chi connectivity index (χ1n) is 9.53. The molecule has 3 rings (SSSR count). The Kier molecular flexibility index (Phi) is 6.08. The molecule has 0 saturated carbocycles. The quantitative estimate of drug-likeness (QED) is 0.830. The van der Waals surface area contributed by atoms with Crippen molar-refractivity contribution in [2.45, 2.75) is 44.6 Å². The summed E-state index contributed by atoms with van der Waals surface area (Å²) in [7, 11) is 0. The average Bonchev–Trinajstić information content (AvgIpc) is 2.66. The SMILES string of the molecule is CC(C)(C)OC(=O)NCC1(c2ccccc2)CCN(c2cnnc(Cl)c2)CC1. The number of alkyl carbamates (subject to hydrolysis) is 1. The summed E-state index contributed by atoms with van der Waals surface area (Å²) in [6.45, 7) is 7.82. The second kappa shape index (κ2) is 8.35. The van der Waals surface area contributed by atoms with E-state index < -0.39 is 5.60 Å². The summed E-state index contributed by atoms with van der Waals surface area (Å²) in [6.07, 6.45) is 3.15. The molecule has 28 heavy (non-hydrogen) atoms. The maximum absolute atomic E-state index is 12.2. The smallest absolute Gasteiger partial charge is 0.407 e. The van der Waals surface area contributed by atoms with Gasteiger partial charge in [-0.15, -0.1) is 5.10 Å². The van der Waals surface area contributed by atoms with Gasteiger partial charge in [0.25, 0.3) is 0 Å². The highest BCUT2D eigenvalue weighted by Gasteiger charge is 2.37. The normalized spacial score (nSPS) is 16.5. The third kappa shape index (κ3) is 5.13. The molecule has 0 unspecified atom stereocenters. The summed E-state index contributed by atoms with van der Waals surface area (Å²) in [5, 5.41) is 11.1. The molecule has 1 aromatic carbocycles. The minimum absolute atomic E-state index is 0.140. The van der Waals surface area contributed by atoms with E-state index in [2.05, 4.69) is 32.5 Å². The molecule has 2 heterocycles. The fraction of sp³-hybridized carbons (Fsp3) is 0.476. The van der Waals surface area contributed by atoms with E-state index in [9.17, 15) is 4.79 Å². The molecule has 2 aromatic rings. The van der Waals surface area contributed by atoms with Crippen molar-refractivity contribution < 1.29 is 9.53 Å². The van der Waals surface area contributed by atoms with E-state index in [4.69, 9.17) is 16.3 Å². The van der Waals surface area contributed by atoms with Crippen molar-refractivity contribution in [3.8, 4) is 0 Å². The van der Waals surface area contributed by atoms with Crippen LogP contribution in [0.3, 0.4) is 0 Å². The number of benzene rings is 1. The molecule has 1 saturated heterocycles. The number of carbonyl (C=O) groups is 1. The van der Waals surface area contributed by atoms with Gasteiger partial charge in [-0.1, -0.05) is 41.9 Å². The number of rotatable bonds is 4. The first kappa shape index (κ1) is 20.4. The van der Waals surface area contributed by atoms with Crippen LogP contribution >= 0.6 is 11.6 Å². The maximum Gasteiger partial charge on any atom is 0.407 e. The Morgan fingerprint density at radius 1 is 1.25 bits per heavy atom. The minimum Gasteiger partial charge on any atom is -0.444 e. The van der Waals surface area contributed by atoms with Gasteiger partial charge in [-0.2, -0.15) is 5.10 Å². The van der Waals surface area contributed by atoms with Crippen molar-refractivity contribution in [1.29, 1.82) is 0 Å². The Hall–Kier alpha value is -2.34. The third-order valence-corrected chi connectivity index (χ3v) is 5.24. The number of anilines is 1. The van der Waals surface area contributed by atoms with E-state index in [-0.39, 0.29) is 11.5 Å². The monoisotopic (exact) mass is 402 g/mol. The molecule has 1 amide bonds. The van der Waals surface area contributed by atoms with Gasteiger partial charge in [-0.3, -0.25) is 0 Å². The van der Waals surface area contributed by atoms with Crippen LogP contribution in [0.2, 0.25) is 5.15 Å². The molecular formula is C21H27ClN4O2. The van der Waals surface area contributed by atoms with E-state index in [1.54, 1.807) is 6.20 Å². The average molecular weight is 403 g/mol. The number of amides is 1. The second-order valence-electron chi connectivity index (χ2n) is 8.23. The lowest BCUT2D eigenvalue weighted by atomic mass is 9.72. The molecule has 1 aliphatic rings. The van der Waals surface area contributed by atoms with E-state index in [0.29, 0.717) is 11.7 Å². The molecule has 150 valence electrons. The molecule has 1 fully saturated rings. The van der Waals surface area contributed by atoms with Gasteiger partial charge in [0.2, 0.25) is 0 Å². The fourth-order valence-electron chi connectivity index (χ4n) is 3.61. The molecule has 0 bridgehead atoms. The number of halogens is 1. The molecule has 7 heteroatoms. The predicted octanol–water partition coefficient (Wildman–Crippen LogP) is 4.19. The number of nitrogens with one attached hydrogen (secondary N) is 1. The highest BCUT2D eigenvalue weighted by Crippen LogP contribution is 2.36. The van der Waals surface area contributed by atoms with Gasteiger partial charge >= 0.3 is 6.09 Å². The topological polar surface area (TPSA) is 67.3 Å². The van der Waals surface area contributed by atoms with Gasteiger partial charge < -0.3 is 15.0 Å². The molecular weight excluding hydrogens is 376 g/mol. The van der Waals surface area contributed by atoms with E-state index in [0.717, 1.165) is 31.6 Å². The van der Waals surface area contributed by atoms with Gasteiger partial charge in [0.15, 0.2) is 5.15 Å². The molecule has 0 atom stereocenters. The van der Waals surface area contributed by atoms with Crippen molar-refractivity contribution >= 4 is 23.4 Å². The second-order valence-corrected chi connectivity index (χ2v) is 8.61. The van der Waals surface area contributed by atoms with Crippen LogP contribution in [0.4, 0.5) is 10.5 Å². The van der Waals surface area contributed by atoms with Crippen LogP contribution in [0, 0.1) is 0 Å². The fourth-order valence-corrected chi connectivity index (χ4v) is 3.77. The van der Waals surface area contributed by atoms with Gasteiger partial charge in [-0.05, 0) is 39.2 Å². The lowest BCUT2D eigenvalue weighted by Gasteiger charge is -2.43. The molecule has 6 nitrogen and oxygen atoms in total. The predicted molar refractivity (Wildman–Crippen MR) is 111 cm³/mol. The standard InChI is InChI=1S/C21H27ClN4O2/c1-20(2,3)28-19(27)23-15-21(16-7-5-4-6-8-16)9-11-26(12-10-21)17-13-18(22)25-24-14-17/h4-8,13-14H,9-12,15H2,1-3H3,(H,23,27). The van der Waals surface area contributed by atoms with E-state index in [1.807, 2.05) is 45.0 Å². The van der Waals surface area contributed by atoms with Crippen LogP contribution in [0.15, 0.2) is 42.6 Å². The summed E-state index contributed by atoms with van der Waals surface area (Å²) in [5.74, 6) is 0. The largest absolute Gasteiger partial charge is 0.444 e. The number of hydrogen-bond donors (Lipinski definition) is 1. The summed E-state index contributed by atoms with van der Waals surface area (Å²) in [5.41, 5.74) is 1.55. The maximum atomic E-state index is 12.2. The highest BCUT2D eigenvalue weighted by atomic mass is 35.5. The van der Waals surface area contributed by atoms with Gasteiger partial charge in [0.1, 0.15) is 5.60 Å². The lowest BCUT2D eigenvalue weighted by molar-refractivity contribution is 0.0510. The zero-order valence-electron chi connectivity index (χ0n) is 16.6. The van der Waals surface area contributed by atoms with Crippen molar-refractivity contribution in [2.24, 2.45) is 0 Å². The number of ether oxygens (including phenoxy) is 1. The zero-order chi connectivity index (χ0) is 20.2. The molecule has 1 N–H and O–H groups in total. The summed E-state index contributed by atoms with van der Waals surface area (Å²) in [4.78, 5) is 14.5. The van der Waals surface area contributed by atoms with Gasteiger partial charge in [0.05, 0.1) is 11.9 Å². The van der Waals surface area contributed by atoms with Crippen LogP contribution in [-0.4, -0.2) is 41.5 Å². The van der Waals surface area contributed by atoms with E-state index in [1.165, 1.54) is 5.56 Å². The summed E-state index contributed by atoms with van der Waals surface area (Å²) in [6, 6.07) is 12.2. The Balaban J connectivity index is 1.73. The first-order chi connectivity index (χ1) is 13.3. The molecule has 1 aromatic heterocycles. The highest BCUT2D eigenvalue weighted by molar-refractivity contribution is 6.29. The van der Waals surface area contributed by atoms with Crippen LogP contribution in [0.5, 0.6) is 0 Å². The minimum atomic E-state index is -0.513. The Bertz CT molecular complexity index is 800. The number of piperidine rings is 1.